The number of nitrogens with zero attached hydrogens (tertiary/aromatic N) is 2. The Hall–Kier alpha value is -3.27. The third-order valence-electron chi connectivity index (χ3n) is 4.50. The average molecular weight is 328 g/mol. The van der Waals surface area contributed by atoms with Crippen molar-refractivity contribution in [2.45, 2.75) is 12.8 Å². The summed E-state index contributed by atoms with van der Waals surface area (Å²) in [7, 11) is 0. The van der Waals surface area contributed by atoms with Crippen molar-refractivity contribution in [3.05, 3.63) is 88.5 Å². The van der Waals surface area contributed by atoms with Gasteiger partial charge in [-0.3, -0.25) is 4.79 Å². The van der Waals surface area contributed by atoms with Gasteiger partial charge in [0.1, 0.15) is 11.5 Å². The smallest absolute Gasteiger partial charge is 0.151 e. The third-order valence-corrected chi connectivity index (χ3v) is 4.50. The van der Waals surface area contributed by atoms with Crippen LogP contribution in [0, 0.1) is 0 Å². The van der Waals surface area contributed by atoms with Crippen LogP contribution in [0.2, 0.25) is 0 Å². The lowest BCUT2D eigenvalue weighted by molar-refractivity contribution is -0.104. The molecule has 4 heteroatoms. The van der Waals surface area contributed by atoms with Gasteiger partial charge in [-0.2, -0.15) is 5.10 Å². The molecule has 25 heavy (non-hydrogen) atoms. The summed E-state index contributed by atoms with van der Waals surface area (Å²) in [6.07, 6.45) is 7.58. The number of carbonyl (C=O) groups excluding carboxylic acids is 1. The van der Waals surface area contributed by atoms with Crippen molar-refractivity contribution in [2.24, 2.45) is 10.2 Å². The topological polar surface area (TPSA) is 62.0 Å². The summed E-state index contributed by atoms with van der Waals surface area (Å²) in [6, 6.07) is 13.4. The van der Waals surface area contributed by atoms with Gasteiger partial charge in [0.05, 0.1) is 5.71 Å². The molecule has 0 saturated carbocycles. The largest absolute Gasteiger partial charge is 0.508 e. The van der Waals surface area contributed by atoms with Crippen LogP contribution in [0.25, 0.3) is 0 Å². The maximum absolute atomic E-state index is 11.2. The van der Waals surface area contributed by atoms with Crippen LogP contribution in [0.15, 0.2) is 76.5 Å². The van der Waals surface area contributed by atoms with Gasteiger partial charge in [-0.05, 0) is 11.6 Å². The summed E-state index contributed by atoms with van der Waals surface area (Å²) in [4.78, 5) is 11.2. The van der Waals surface area contributed by atoms with Crippen LogP contribution < -0.4 is 0 Å². The zero-order valence-electron chi connectivity index (χ0n) is 13.5. The lowest BCUT2D eigenvalue weighted by atomic mass is 9.84. The van der Waals surface area contributed by atoms with Crippen LogP contribution >= 0.6 is 0 Å². The van der Waals surface area contributed by atoms with Crippen LogP contribution in [0.3, 0.4) is 0 Å². The minimum absolute atomic E-state index is 0.265. The first-order valence-corrected chi connectivity index (χ1v) is 8.14. The van der Waals surface area contributed by atoms with Crippen LogP contribution in [0.1, 0.15) is 28.7 Å². The minimum Gasteiger partial charge on any atom is -0.508 e. The lowest BCUT2D eigenvalue weighted by Gasteiger charge is -2.21. The van der Waals surface area contributed by atoms with Crippen molar-refractivity contribution in [1.29, 1.82) is 0 Å². The second-order valence-electron chi connectivity index (χ2n) is 6.00. The number of fused-ring (bicyclic) bond motifs is 2. The molecule has 2 aliphatic carbocycles. The molecule has 0 aromatic heterocycles. The van der Waals surface area contributed by atoms with Crippen molar-refractivity contribution < 1.29 is 9.90 Å². The van der Waals surface area contributed by atoms with E-state index >= 15 is 0 Å². The van der Waals surface area contributed by atoms with E-state index in [0.29, 0.717) is 24.1 Å². The second kappa shape index (κ2) is 6.32. The monoisotopic (exact) mass is 328 g/mol. The van der Waals surface area contributed by atoms with E-state index in [-0.39, 0.29) is 5.75 Å². The molecule has 0 radical (unpaired) electrons. The highest BCUT2D eigenvalue weighted by Gasteiger charge is 2.23. The van der Waals surface area contributed by atoms with Gasteiger partial charge in [0.25, 0.3) is 0 Å². The van der Waals surface area contributed by atoms with E-state index in [9.17, 15) is 9.90 Å². The molecule has 4 nitrogen and oxygen atoms in total. The Balaban J connectivity index is 1.87. The number of rotatable bonds is 2. The van der Waals surface area contributed by atoms with Crippen molar-refractivity contribution in [1.82, 2.24) is 0 Å². The van der Waals surface area contributed by atoms with E-state index in [1.165, 1.54) is 0 Å². The van der Waals surface area contributed by atoms with Gasteiger partial charge < -0.3 is 5.11 Å². The molecule has 2 aromatic carbocycles. The van der Waals surface area contributed by atoms with Gasteiger partial charge in [-0.25, -0.2) is 0 Å². The van der Waals surface area contributed by atoms with Crippen LogP contribution in [0.5, 0.6) is 5.75 Å². The van der Waals surface area contributed by atoms with Crippen molar-refractivity contribution in [2.75, 3.05) is 0 Å². The molecule has 1 N–H and O–H groups in total. The van der Waals surface area contributed by atoms with E-state index in [4.69, 9.17) is 0 Å². The summed E-state index contributed by atoms with van der Waals surface area (Å²) in [5.74, 6) is 0.265. The zero-order valence-corrected chi connectivity index (χ0v) is 13.5. The Bertz CT molecular complexity index is 981. The zero-order chi connectivity index (χ0) is 17.2. The van der Waals surface area contributed by atoms with E-state index < -0.39 is 0 Å². The molecule has 2 aliphatic rings. The average Bonchev–Trinajstić information content (AvgIpc) is 2.66. The van der Waals surface area contributed by atoms with E-state index in [1.54, 1.807) is 12.1 Å². The number of phenols is 1. The number of carbonyl (C=O) groups is 1. The lowest BCUT2D eigenvalue weighted by Crippen LogP contribution is -2.16. The number of benzene rings is 2. The van der Waals surface area contributed by atoms with Gasteiger partial charge in [0.15, 0.2) is 6.29 Å². The summed E-state index contributed by atoms with van der Waals surface area (Å²) in [6.45, 7) is 0. The maximum Gasteiger partial charge on any atom is 0.151 e. The first-order chi connectivity index (χ1) is 12.3. The Kier molecular flexibility index (Phi) is 3.86. The predicted molar refractivity (Wildman–Crippen MR) is 98.3 cm³/mol. The molecule has 0 saturated heterocycles. The van der Waals surface area contributed by atoms with Crippen molar-refractivity contribution in [3.8, 4) is 5.75 Å². The van der Waals surface area contributed by atoms with E-state index in [2.05, 4.69) is 10.2 Å². The molecular weight excluding hydrogens is 312 g/mol. The van der Waals surface area contributed by atoms with Crippen LogP contribution in [-0.4, -0.2) is 22.8 Å². The highest BCUT2D eigenvalue weighted by Crippen LogP contribution is 2.33. The molecule has 2 aromatic rings. The Labute approximate surface area is 145 Å². The SMILES string of the molecule is O=CC1=CC=CCC1=NN=C1c2ccccc2Cc2c(O)cccc21. The number of phenolic OH excluding ortho intramolecular Hbond substituents is 1. The van der Waals surface area contributed by atoms with E-state index in [1.807, 2.05) is 48.6 Å². The molecule has 0 atom stereocenters. The maximum atomic E-state index is 11.2. The van der Waals surface area contributed by atoms with Crippen molar-refractivity contribution >= 4 is 17.7 Å². The first-order valence-electron chi connectivity index (χ1n) is 8.14. The summed E-state index contributed by atoms with van der Waals surface area (Å²) in [5, 5.41) is 19.1. The normalized spacial score (nSPS) is 18.6. The number of allylic oxidation sites excluding steroid dienone is 4. The first kappa shape index (κ1) is 15.3. The molecule has 0 heterocycles. The number of aldehydes is 1. The highest BCUT2D eigenvalue weighted by molar-refractivity contribution is 6.18. The molecule has 122 valence electrons. The summed E-state index contributed by atoms with van der Waals surface area (Å²) >= 11 is 0. The van der Waals surface area contributed by atoms with Gasteiger partial charge in [-0.15, -0.1) is 5.10 Å². The Morgan fingerprint density at radius 2 is 1.84 bits per heavy atom. The summed E-state index contributed by atoms with van der Waals surface area (Å²) in [5.41, 5.74) is 5.76. The molecule has 0 fully saturated rings. The van der Waals surface area contributed by atoms with Gasteiger partial charge >= 0.3 is 0 Å². The third kappa shape index (κ3) is 2.72. The molecule has 0 amide bonds. The second-order valence-corrected chi connectivity index (χ2v) is 6.00. The molecular formula is C21H16N2O2. The van der Waals surface area contributed by atoms with Crippen LogP contribution in [0.4, 0.5) is 0 Å². The molecule has 0 aliphatic heterocycles. The molecule has 0 spiro atoms. The fourth-order valence-electron chi connectivity index (χ4n) is 3.21. The number of hydrogen-bond donors (Lipinski definition) is 1. The fraction of sp³-hybridized carbons (Fsp3) is 0.0952. The van der Waals surface area contributed by atoms with E-state index in [0.717, 1.165) is 34.3 Å². The minimum atomic E-state index is 0.265. The quantitative estimate of drug-likeness (QED) is 0.577. The summed E-state index contributed by atoms with van der Waals surface area (Å²) < 4.78 is 0. The van der Waals surface area contributed by atoms with Gasteiger partial charge in [-0.1, -0.05) is 54.6 Å². The molecule has 0 unspecified atom stereocenters. The molecule has 4 rings (SSSR count). The predicted octanol–water partition coefficient (Wildman–Crippen LogP) is 3.58. The number of aromatic hydroxyl groups is 1. The Morgan fingerprint density at radius 1 is 1.00 bits per heavy atom. The highest BCUT2D eigenvalue weighted by atomic mass is 16.3. The number of hydrogen-bond acceptors (Lipinski definition) is 4. The van der Waals surface area contributed by atoms with Gasteiger partial charge in [0.2, 0.25) is 0 Å². The molecule has 0 bridgehead atoms. The standard InChI is InChI=1S/C21H16N2O2/c24-13-15-7-2-4-10-19(15)22-23-21-16-8-3-1-6-14(16)12-18-17(21)9-5-11-20(18)25/h1-9,11,13,25H,10,12H2. The van der Waals surface area contributed by atoms with Crippen LogP contribution in [-0.2, 0) is 11.2 Å². The fourth-order valence-corrected chi connectivity index (χ4v) is 3.21. The van der Waals surface area contributed by atoms with Gasteiger partial charge in [0, 0.05) is 35.1 Å². The Morgan fingerprint density at radius 3 is 2.72 bits per heavy atom. The van der Waals surface area contributed by atoms with Crippen molar-refractivity contribution in [3.63, 3.8) is 0 Å².